The normalized spacial score (nSPS) is 35.1. The van der Waals surface area contributed by atoms with E-state index in [0.717, 1.165) is 42.8 Å². The second-order valence-electron chi connectivity index (χ2n) is 16.1. The lowest BCUT2D eigenvalue weighted by Gasteiger charge is -2.59. The van der Waals surface area contributed by atoms with Gasteiger partial charge >= 0.3 is 11.9 Å². The topological polar surface area (TPSA) is 127 Å². The van der Waals surface area contributed by atoms with Crippen LogP contribution in [0.5, 0.6) is 0 Å². The van der Waals surface area contributed by atoms with Crippen LogP contribution in [-0.2, 0) is 28.6 Å². The molecule has 0 saturated heterocycles. The Balaban J connectivity index is 1.47. The van der Waals surface area contributed by atoms with Crippen LogP contribution in [0.2, 0.25) is 0 Å². The van der Waals surface area contributed by atoms with E-state index in [1.807, 2.05) is 0 Å². The van der Waals surface area contributed by atoms with Crippen molar-refractivity contribution in [3.63, 3.8) is 0 Å². The van der Waals surface area contributed by atoms with E-state index in [4.69, 9.17) is 8.92 Å². The third-order valence-corrected chi connectivity index (χ3v) is 13.8. The van der Waals surface area contributed by atoms with Crippen LogP contribution in [0.3, 0.4) is 0 Å². The molecule has 0 aromatic heterocycles. The Kier molecular flexibility index (Phi) is 11.6. The van der Waals surface area contributed by atoms with E-state index >= 15 is 0 Å². The third-order valence-electron chi connectivity index (χ3n) is 13.2. The van der Waals surface area contributed by atoms with Gasteiger partial charge in [0.2, 0.25) is 0 Å². The SMILES string of the molecule is CC(C)CCC[C@@H](C)[C@H]1CC[C@H]2[C@@H]3CC=C4C[C@@H](C(CCOCCOS(C)(=O)=O)(CC(=O)O)C(=O)O)CC[C@]4(C)[C@H]3CC[C@]12C. The Labute approximate surface area is 272 Å². The van der Waals surface area contributed by atoms with E-state index in [-0.39, 0.29) is 37.6 Å². The molecule has 4 aliphatic carbocycles. The molecule has 1 unspecified atom stereocenters. The van der Waals surface area contributed by atoms with E-state index in [9.17, 15) is 28.2 Å². The first kappa shape index (κ1) is 36.4. The smallest absolute Gasteiger partial charge is 0.310 e. The predicted octanol–water partition coefficient (Wildman–Crippen LogP) is 7.57. The third kappa shape index (κ3) is 7.83. The number of rotatable bonds is 16. The summed E-state index contributed by atoms with van der Waals surface area (Å²) >= 11 is 0. The van der Waals surface area contributed by atoms with Gasteiger partial charge in [0.1, 0.15) is 0 Å². The van der Waals surface area contributed by atoms with Crippen molar-refractivity contribution in [1.82, 2.24) is 0 Å². The molecule has 4 rings (SSSR count). The molecule has 0 aromatic carbocycles. The molecular formula is C36H60O8S. The Morgan fingerprint density at radius 2 is 1.73 bits per heavy atom. The molecule has 4 aliphatic rings. The highest BCUT2D eigenvalue weighted by Crippen LogP contribution is 2.68. The lowest BCUT2D eigenvalue weighted by molar-refractivity contribution is -0.163. The summed E-state index contributed by atoms with van der Waals surface area (Å²) in [4.78, 5) is 24.9. The van der Waals surface area contributed by atoms with Crippen LogP contribution < -0.4 is 0 Å². The first-order valence-electron chi connectivity index (χ1n) is 17.6. The average molecular weight is 653 g/mol. The van der Waals surface area contributed by atoms with E-state index in [0.29, 0.717) is 30.1 Å². The summed E-state index contributed by atoms with van der Waals surface area (Å²) in [6, 6.07) is 0. The number of carboxylic acid groups (broad SMARTS) is 2. The summed E-state index contributed by atoms with van der Waals surface area (Å²) in [5.41, 5.74) is 0.342. The van der Waals surface area contributed by atoms with Crippen LogP contribution >= 0.6 is 0 Å². The van der Waals surface area contributed by atoms with Gasteiger partial charge < -0.3 is 14.9 Å². The lowest BCUT2D eigenvalue weighted by Crippen LogP contribution is -2.52. The minimum absolute atomic E-state index is 0.00946. The largest absolute Gasteiger partial charge is 0.481 e. The highest BCUT2D eigenvalue weighted by atomic mass is 32.2. The van der Waals surface area contributed by atoms with Gasteiger partial charge in [-0.3, -0.25) is 13.8 Å². The molecule has 258 valence electrons. The van der Waals surface area contributed by atoms with Gasteiger partial charge in [-0.15, -0.1) is 0 Å². The highest BCUT2D eigenvalue weighted by Gasteiger charge is 2.60. The molecule has 9 atom stereocenters. The first-order valence-corrected chi connectivity index (χ1v) is 19.4. The number of hydrogen-bond donors (Lipinski definition) is 2. The molecule has 0 heterocycles. The van der Waals surface area contributed by atoms with Gasteiger partial charge in [-0.25, -0.2) is 0 Å². The number of allylic oxidation sites excluding steroid dienone is 2. The minimum Gasteiger partial charge on any atom is -0.481 e. The van der Waals surface area contributed by atoms with Gasteiger partial charge in [-0.2, -0.15) is 8.42 Å². The maximum absolute atomic E-state index is 12.9. The maximum Gasteiger partial charge on any atom is 0.310 e. The fraction of sp³-hybridized carbons (Fsp3) is 0.889. The van der Waals surface area contributed by atoms with Gasteiger partial charge in [-0.05, 0) is 110 Å². The van der Waals surface area contributed by atoms with Crippen molar-refractivity contribution in [3.8, 4) is 0 Å². The number of hydrogen-bond acceptors (Lipinski definition) is 6. The quantitative estimate of drug-likeness (QED) is 0.0993. The lowest BCUT2D eigenvalue weighted by atomic mass is 9.45. The molecule has 0 aromatic rings. The molecule has 2 N–H and O–H groups in total. The fourth-order valence-corrected chi connectivity index (χ4v) is 11.2. The summed E-state index contributed by atoms with van der Waals surface area (Å²) in [6.07, 6.45) is 15.4. The van der Waals surface area contributed by atoms with Gasteiger partial charge in [0.15, 0.2) is 0 Å². The standard InChI is InChI=1S/C36H60O8S/c1-24(2)8-7-9-25(3)29-12-13-30-28-11-10-26-22-27(14-16-34(26,4)31(28)15-17-35(29,30)5)36(33(39)40,23-32(37)38)18-19-43-20-21-44-45(6,41)42/h10,24-25,27-31H,7-9,11-23H2,1-6H3,(H,37,38)(H,39,40)/t25-,27+,28+,29-,30+,31+,34+,35-,36?/m1/s1. The number of aliphatic carboxylic acids is 2. The van der Waals surface area contributed by atoms with Gasteiger partial charge in [-0.1, -0.05) is 65.5 Å². The van der Waals surface area contributed by atoms with Crippen LogP contribution in [0.4, 0.5) is 0 Å². The van der Waals surface area contributed by atoms with Crippen LogP contribution in [0.15, 0.2) is 11.6 Å². The Hall–Kier alpha value is -1.45. The number of carboxylic acids is 2. The van der Waals surface area contributed by atoms with Crippen LogP contribution in [0.25, 0.3) is 0 Å². The van der Waals surface area contributed by atoms with Crippen LogP contribution in [0, 0.1) is 57.7 Å². The molecule has 0 aliphatic heterocycles. The van der Waals surface area contributed by atoms with E-state index in [1.165, 1.54) is 50.5 Å². The monoisotopic (exact) mass is 652 g/mol. The van der Waals surface area contributed by atoms with Crippen molar-refractivity contribution >= 4 is 22.1 Å². The number of carbonyl (C=O) groups is 2. The summed E-state index contributed by atoms with van der Waals surface area (Å²) in [5, 5.41) is 20.4. The molecule has 8 nitrogen and oxygen atoms in total. The summed E-state index contributed by atoms with van der Waals surface area (Å²) in [7, 11) is -3.59. The second-order valence-corrected chi connectivity index (χ2v) is 17.8. The molecule has 0 amide bonds. The molecule has 9 heteroatoms. The van der Waals surface area contributed by atoms with Crippen LogP contribution in [-0.4, -0.2) is 56.6 Å². The Morgan fingerprint density at radius 1 is 1.00 bits per heavy atom. The zero-order chi connectivity index (χ0) is 33.2. The molecule has 45 heavy (non-hydrogen) atoms. The molecule has 0 bridgehead atoms. The Bertz CT molecular complexity index is 1200. The summed E-state index contributed by atoms with van der Waals surface area (Å²) in [5.74, 6) is 1.86. The van der Waals surface area contributed by atoms with Gasteiger partial charge in [0.05, 0.1) is 31.3 Å². The zero-order valence-corrected chi connectivity index (χ0v) is 29.5. The van der Waals surface area contributed by atoms with E-state index in [1.54, 1.807) is 0 Å². The molecule has 3 fully saturated rings. The fourth-order valence-electron chi connectivity index (χ4n) is 10.8. The van der Waals surface area contributed by atoms with Crippen molar-refractivity contribution in [2.24, 2.45) is 57.7 Å². The van der Waals surface area contributed by atoms with Gasteiger partial charge in [0.25, 0.3) is 10.1 Å². The predicted molar refractivity (Wildman–Crippen MR) is 175 cm³/mol. The van der Waals surface area contributed by atoms with Crippen molar-refractivity contribution in [2.45, 2.75) is 118 Å². The van der Waals surface area contributed by atoms with Crippen molar-refractivity contribution in [1.29, 1.82) is 0 Å². The molecule has 0 radical (unpaired) electrons. The molecular weight excluding hydrogens is 592 g/mol. The maximum atomic E-state index is 12.9. The molecule has 3 saturated carbocycles. The zero-order valence-electron chi connectivity index (χ0n) is 28.7. The van der Waals surface area contributed by atoms with E-state index < -0.39 is 33.9 Å². The second kappa shape index (κ2) is 14.3. The van der Waals surface area contributed by atoms with Crippen molar-refractivity contribution in [2.75, 3.05) is 26.1 Å². The summed E-state index contributed by atoms with van der Waals surface area (Å²) in [6.45, 7) is 12.0. The van der Waals surface area contributed by atoms with E-state index in [2.05, 4.69) is 40.7 Å². The van der Waals surface area contributed by atoms with Crippen LogP contribution in [0.1, 0.15) is 118 Å². The first-order chi connectivity index (χ1) is 21.0. The summed E-state index contributed by atoms with van der Waals surface area (Å²) < 4.78 is 32.7. The van der Waals surface area contributed by atoms with Crippen molar-refractivity contribution in [3.05, 3.63) is 11.6 Å². The number of fused-ring (bicyclic) bond motifs is 5. The average Bonchev–Trinajstić information content (AvgIpc) is 3.30. The molecule has 0 spiro atoms. The van der Waals surface area contributed by atoms with Gasteiger partial charge in [0, 0.05) is 6.61 Å². The Morgan fingerprint density at radius 3 is 2.38 bits per heavy atom. The van der Waals surface area contributed by atoms with Crippen molar-refractivity contribution < 1.29 is 37.1 Å². The highest BCUT2D eigenvalue weighted by molar-refractivity contribution is 7.85. The number of ether oxygens (including phenoxy) is 1. The minimum atomic E-state index is -3.59.